The number of carbonyl (C=O) groups excluding carboxylic acids is 1. The SMILES string of the molecule is COc1cc2c(cc1NC(=O)[C@H](C)Sc1nc3ccccc3n1C)oc1ccccc12. The highest BCUT2D eigenvalue weighted by Crippen LogP contribution is 2.37. The van der Waals surface area contributed by atoms with Crippen molar-refractivity contribution in [3.63, 3.8) is 0 Å². The second-order valence-electron chi connectivity index (χ2n) is 7.34. The van der Waals surface area contributed by atoms with Gasteiger partial charge in [0, 0.05) is 23.9 Å². The Kier molecular flexibility index (Phi) is 4.82. The summed E-state index contributed by atoms with van der Waals surface area (Å²) in [7, 11) is 3.55. The third-order valence-electron chi connectivity index (χ3n) is 5.35. The van der Waals surface area contributed by atoms with Crippen LogP contribution in [0.25, 0.3) is 33.0 Å². The number of fused-ring (bicyclic) bond motifs is 4. The maximum atomic E-state index is 13.0. The van der Waals surface area contributed by atoms with Gasteiger partial charge in [-0.2, -0.15) is 0 Å². The molecule has 0 aliphatic rings. The maximum absolute atomic E-state index is 13.0. The molecule has 1 atom stereocenters. The third kappa shape index (κ3) is 3.41. The van der Waals surface area contributed by atoms with Crippen molar-refractivity contribution in [3.8, 4) is 5.75 Å². The number of anilines is 1. The molecule has 7 heteroatoms. The first-order chi connectivity index (χ1) is 15.0. The van der Waals surface area contributed by atoms with E-state index < -0.39 is 0 Å². The first kappa shape index (κ1) is 19.5. The molecular formula is C24H21N3O3S. The van der Waals surface area contributed by atoms with Crippen LogP contribution in [0.4, 0.5) is 5.69 Å². The number of ether oxygens (including phenoxy) is 1. The number of rotatable bonds is 5. The third-order valence-corrected chi connectivity index (χ3v) is 6.50. The van der Waals surface area contributed by atoms with E-state index in [1.807, 2.05) is 79.2 Å². The monoisotopic (exact) mass is 431 g/mol. The molecule has 0 saturated carbocycles. The number of methoxy groups -OCH3 is 1. The molecule has 0 bridgehead atoms. The number of nitrogens with zero attached hydrogens (tertiary/aromatic N) is 2. The summed E-state index contributed by atoms with van der Waals surface area (Å²) in [6.45, 7) is 1.87. The van der Waals surface area contributed by atoms with E-state index >= 15 is 0 Å². The van der Waals surface area contributed by atoms with Gasteiger partial charge in [-0.25, -0.2) is 4.98 Å². The van der Waals surface area contributed by atoms with Gasteiger partial charge in [-0.3, -0.25) is 4.79 Å². The van der Waals surface area contributed by atoms with Crippen LogP contribution in [-0.2, 0) is 11.8 Å². The zero-order valence-electron chi connectivity index (χ0n) is 17.4. The largest absolute Gasteiger partial charge is 0.495 e. The molecule has 156 valence electrons. The van der Waals surface area contributed by atoms with Gasteiger partial charge in [0.05, 0.1) is 29.1 Å². The highest BCUT2D eigenvalue weighted by molar-refractivity contribution is 8.00. The van der Waals surface area contributed by atoms with Crippen molar-refractivity contribution in [3.05, 3.63) is 60.7 Å². The number of furan rings is 1. The van der Waals surface area contributed by atoms with Gasteiger partial charge in [-0.1, -0.05) is 42.1 Å². The second-order valence-corrected chi connectivity index (χ2v) is 8.65. The number of benzene rings is 3. The molecule has 0 aliphatic heterocycles. The predicted molar refractivity (Wildman–Crippen MR) is 125 cm³/mol. The number of imidazole rings is 1. The standard InChI is InChI=1S/C24H21N3O3S/c1-14(31-24-26-17-9-5-6-10-19(17)27(24)2)23(28)25-18-13-21-16(12-22(18)29-3)15-8-4-7-11-20(15)30-21/h4-14H,1-3H3,(H,25,28)/t14-/m0/s1. The molecule has 31 heavy (non-hydrogen) atoms. The van der Waals surface area contributed by atoms with E-state index in [2.05, 4.69) is 10.3 Å². The van der Waals surface area contributed by atoms with E-state index in [1.54, 1.807) is 7.11 Å². The molecule has 1 N–H and O–H groups in total. The minimum atomic E-state index is -0.355. The van der Waals surface area contributed by atoms with Crippen LogP contribution >= 0.6 is 11.8 Å². The number of nitrogens with one attached hydrogen (secondary N) is 1. The second kappa shape index (κ2) is 7.67. The summed E-state index contributed by atoms with van der Waals surface area (Å²) in [6, 6.07) is 19.5. The zero-order valence-corrected chi connectivity index (χ0v) is 18.2. The molecule has 1 amide bonds. The number of aromatic nitrogens is 2. The lowest BCUT2D eigenvalue weighted by atomic mass is 10.1. The molecule has 2 heterocycles. The van der Waals surface area contributed by atoms with E-state index in [1.165, 1.54) is 11.8 Å². The molecule has 0 spiro atoms. The predicted octanol–water partition coefficient (Wildman–Crippen LogP) is 5.60. The minimum absolute atomic E-state index is 0.134. The van der Waals surface area contributed by atoms with Crippen LogP contribution in [0.2, 0.25) is 0 Å². The minimum Gasteiger partial charge on any atom is -0.495 e. The number of hydrogen-bond acceptors (Lipinski definition) is 5. The van der Waals surface area contributed by atoms with E-state index in [9.17, 15) is 4.79 Å². The molecule has 0 unspecified atom stereocenters. The van der Waals surface area contributed by atoms with Gasteiger partial charge in [-0.05, 0) is 31.2 Å². The molecular weight excluding hydrogens is 410 g/mol. The highest BCUT2D eigenvalue weighted by Gasteiger charge is 2.21. The fourth-order valence-corrected chi connectivity index (χ4v) is 4.58. The molecule has 0 fully saturated rings. The Labute approximate surface area is 183 Å². The van der Waals surface area contributed by atoms with Crippen molar-refractivity contribution in [1.29, 1.82) is 0 Å². The van der Waals surface area contributed by atoms with Gasteiger partial charge in [-0.15, -0.1) is 0 Å². The average Bonchev–Trinajstić information content (AvgIpc) is 3.30. The first-order valence-corrected chi connectivity index (χ1v) is 10.8. The molecule has 5 rings (SSSR count). The lowest BCUT2D eigenvalue weighted by Crippen LogP contribution is -2.23. The molecule has 0 aliphatic carbocycles. The van der Waals surface area contributed by atoms with Crippen molar-refractivity contribution in [1.82, 2.24) is 9.55 Å². The van der Waals surface area contributed by atoms with Crippen LogP contribution in [0.1, 0.15) is 6.92 Å². The van der Waals surface area contributed by atoms with Gasteiger partial charge in [0.15, 0.2) is 5.16 Å². The van der Waals surface area contributed by atoms with Gasteiger partial charge in [0.2, 0.25) is 5.91 Å². The number of para-hydroxylation sites is 3. The quantitative estimate of drug-likeness (QED) is 0.367. The number of hydrogen-bond donors (Lipinski definition) is 1. The van der Waals surface area contributed by atoms with Gasteiger partial charge >= 0.3 is 0 Å². The van der Waals surface area contributed by atoms with E-state index in [4.69, 9.17) is 9.15 Å². The summed E-state index contributed by atoms with van der Waals surface area (Å²) in [5.74, 6) is 0.457. The Bertz CT molecular complexity index is 1440. The van der Waals surface area contributed by atoms with Crippen LogP contribution in [0.3, 0.4) is 0 Å². The summed E-state index contributed by atoms with van der Waals surface area (Å²) in [4.78, 5) is 17.6. The smallest absolute Gasteiger partial charge is 0.237 e. The van der Waals surface area contributed by atoms with Gasteiger partial charge in [0.1, 0.15) is 16.9 Å². The molecule has 3 aromatic carbocycles. The summed E-state index contributed by atoms with van der Waals surface area (Å²) in [6.07, 6.45) is 0. The number of thioether (sulfide) groups is 1. The van der Waals surface area contributed by atoms with E-state index in [0.29, 0.717) is 17.0 Å². The van der Waals surface area contributed by atoms with Crippen LogP contribution in [-0.4, -0.2) is 27.8 Å². The summed E-state index contributed by atoms with van der Waals surface area (Å²) >= 11 is 1.42. The Morgan fingerprint density at radius 1 is 1.10 bits per heavy atom. The fraction of sp³-hybridized carbons (Fsp3) is 0.167. The van der Waals surface area contributed by atoms with Gasteiger partial charge in [0.25, 0.3) is 0 Å². The van der Waals surface area contributed by atoms with Crippen molar-refractivity contribution in [2.45, 2.75) is 17.3 Å². The Morgan fingerprint density at radius 3 is 2.68 bits per heavy atom. The molecule has 0 radical (unpaired) electrons. The Balaban J connectivity index is 1.42. The van der Waals surface area contributed by atoms with Crippen molar-refractivity contribution < 1.29 is 13.9 Å². The van der Waals surface area contributed by atoms with Crippen LogP contribution < -0.4 is 10.1 Å². The van der Waals surface area contributed by atoms with Crippen LogP contribution in [0.15, 0.2) is 70.2 Å². The Morgan fingerprint density at radius 2 is 1.87 bits per heavy atom. The van der Waals surface area contributed by atoms with Crippen molar-refractivity contribution in [2.24, 2.45) is 7.05 Å². The van der Waals surface area contributed by atoms with Gasteiger partial charge < -0.3 is 19.0 Å². The van der Waals surface area contributed by atoms with Crippen molar-refractivity contribution >= 4 is 56.3 Å². The number of amides is 1. The van der Waals surface area contributed by atoms with E-state index in [0.717, 1.165) is 32.5 Å². The lowest BCUT2D eigenvalue weighted by Gasteiger charge is -2.14. The normalized spacial score (nSPS) is 12.5. The number of carbonyl (C=O) groups is 1. The molecule has 0 saturated heterocycles. The Hall–Kier alpha value is -3.45. The zero-order chi connectivity index (χ0) is 21.5. The molecule has 2 aromatic heterocycles. The summed E-state index contributed by atoms with van der Waals surface area (Å²) in [5, 5.41) is 5.39. The van der Waals surface area contributed by atoms with Crippen molar-refractivity contribution in [2.75, 3.05) is 12.4 Å². The lowest BCUT2D eigenvalue weighted by molar-refractivity contribution is -0.115. The summed E-state index contributed by atoms with van der Waals surface area (Å²) < 4.78 is 13.5. The maximum Gasteiger partial charge on any atom is 0.237 e. The average molecular weight is 432 g/mol. The van der Waals surface area contributed by atoms with E-state index in [-0.39, 0.29) is 11.2 Å². The summed E-state index contributed by atoms with van der Waals surface area (Å²) in [5.41, 5.74) is 4.03. The fourth-order valence-electron chi connectivity index (χ4n) is 3.69. The molecule has 6 nitrogen and oxygen atoms in total. The van der Waals surface area contributed by atoms with Crippen LogP contribution in [0.5, 0.6) is 5.75 Å². The highest BCUT2D eigenvalue weighted by atomic mass is 32.2. The topological polar surface area (TPSA) is 69.3 Å². The van der Waals surface area contributed by atoms with Crippen LogP contribution in [0, 0.1) is 0 Å². The number of aryl methyl sites for hydroxylation is 1. The molecule has 5 aromatic rings. The first-order valence-electron chi connectivity index (χ1n) is 9.93.